The van der Waals surface area contributed by atoms with Crippen molar-refractivity contribution in [1.29, 1.82) is 0 Å². The van der Waals surface area contributed by atoms with Crippen molar-refractivity contribution in [1.82, 2.24) is 4.90 Å². The standard InChI is InChI=1S/C22H25NO4/c1-16-6-3-4-8-18(16)14-27-19-9-5-7-17(12-19)13-20(24)23-11-10-22(2,15-23)21(25)26/h3-9,12H,10-11,13-15H2,1-2H3,(H,25,26). The van der Waals surface area contributed by atoms with Crippen LogP contribution in [0.1, 0.15) is 30.0 Å². The molecule has 0 aliphatic carbocycles. The zero-order valence-corrected chi connectivity index (χ0v) is 15.8. The lowest BCUT2D eigenvalue weighted by atomic mass is 9.90. The molecule has 2 aromatic rings. The summed E-state index contributed by atoms with van der Waals surface area (Å²) in [6, 6.07) is 15.6. The predicted octanol–water partition coefficient (Wildman–Crippen LogP) is 3.44. The number of rotatable bonds is 6. The number of likely N-dealkylation sites (tertiary alicyclic amines) is 1. The minimum absolute atomic E-state index is 0.0453. The van der Waals surface area contributed by atoms with Crippen LogP contribution in [0, 0.1) is 12.3 Å². The van der Waals surface area contributed by atoms with Gasteiger partial charge in [0.1, 0.15) is 12.4 Å². The Labute approximate surface area is 159 Å². The van der Waals surface area contributed by atoms with E-state index in [1.807, 2.05) is 42.5 Å². The van der Waals surface area contributed by atoms with E-state index in [0.29, 0.717) is 19.6 Å². The van der Waals surface area contributed by atoms with Crippen LogP contribution in [0.2, 0.25) is 0 Å². The van der Waals surface area contributed by atoms with Gasteiger partial charge >= 0.3 is 5.97 Å². The third-order valence-electron chi connectivity index (χ3n) is 5.25. The van der Waals surface area contributed by atoms with Gasteiger partial charge in [0, 0.05) is 13.1 Å². The van der Waals surface area contributed by atoms with E-state index in [1.54, 1.807) is 11.8 Å². The Hall–Kier alpha value is -2.82. The molecule has 5 heteroatoms. The Bertz CT molecular complexity index is 848. The van der Waals surface area contributed by atoms with Crippen LogP contribution in [-0.2, 0) is 22.6 Å². The highest BCUT2D eigenvalue weighted by Gasteiger charge is 2.41. The normalized spacial score (nSPS) is 19.1. The van der Waals surface area contributed by atoms with Gasteiger partial charge in [0.05, 0.1) is 11.8 Å². The summed E-state index contributed by atoms with van der Waals surface area (Å²) in [5.41, 5.74) is 2.34. The number of hydrogen-bond acceptors (Lipinski definition) is 3. The molecule has 1 amide bonds. The van der Waals surface area contributed by atoms with Crippen LogP contribution in [-0.4, -0.2) is 35.0 Å². The molecule has 0 aromatic heterocycles. The molecule has 0 bridgehead atoms. The summed E-state index contributed by atoms with van der Waals surface area (Å²) < 4.78 is 5.88. The summed E-state index contributed by atoms with van der Waals surface area (Å²) in [5.74, 6) is -0.166. The lowest BCUT2D eigenvalue weighted by Gasteiger charge is -2.20. The van der Waals surface area contributed by atoms with Crippen molar-refractivity contribution in [2.45, 2.75) is 33.3 Å². The summed E-state index contributed by atoms with van der Waals surface area (Å²) in [5, 5.41) is 9.32. The van der Waals surface area contributed by atoms with Crippen LogP contribution in [0.5, 0.6) is 5.75 Å². The fraction of sp³-hybridized carbons (Fsp3) is 0.364. The average Bonchev–Trinajstić information content (AvgIpc) is 3.05. The number of aliphatic carboxylic acids is 1. The number of ether oxygens (including phenoxy) is 1. The molecule has 1 aliphatic heterocycles. The molecule has 142 valence electrons. The van der Waals surface area contributed by atoms with Crippen LogP contribution < -0.4 is 4.74 Å². The monoisotopic (exact) mass is 367 g/mol. The number of carboxylic acids is 1. The first kappa shape index (κ1) is 19.0. The molecule has 1 heterocycles. The smallest absolute Gasteiger partial charge is 0.311 e. The van der Waals surface area contributed by atoms with Crippen molar-refractivity contribution < 1.29 is 19.4 Å². The highest BCUT2D eigenvalue weighted by Crippen LogP contribution is 2.30. The van der Waals surface area contributed by atoms with Crippen molar-refractivity contribution >= 4 is 11.9 Å². The van der Waals surface area contributed by atoms with Gasteiger partial charge < -0.3 is 14.7 Å². The number of carbonyl (C=O) groups excluding carboxylic acids is 1. The maximum absolute atomic E-state index is 12.6. The Balaban J connectivity index is 1.60. The second kappa shape index (κ2) is 7.82. The first-order chi connectivity index (χ1) is 12.9. The molecule has 0 spiro atoms. The summed E-state index contributed by atoms with van der Waals surface area (Å²) in [6.45, 7) is 4.99. The second-order valence-corrected chi connectivity index (χ2v) is 7.47. The Morgan fingerprint density at radius 1 is 1.19 bits per heavy atom. The predicted molar refractivity (Wildman–Crippen MR) is 103 cm³/mol. The first-order valence-corrected chi connectivity index (χ1v) is 9.15. The van der Waals surface area contributed by atoms with Gasteiger partial charge in [-0.15, -0.1) is 0 Å². The molecule has 1 aliphatic rings. The SMILES string of the molecule is Cc1ccccc1COc1cccc(CC(=O)N2CCC(C)(C(=O)O)C2)c1. The van der Waals surface area contributed by atoms with Crippen LogP contribution in [0.15, 0.2) is 48.5 Å². The highest BCUT2D eigenvalue weighted by molar-refractivity contribution is 5.82. The van der Waals surface area contributed by atoms with E-state index in [-0.39, 0.29) is 18.9 Å². The molecule has 1 fully saturated rings. The first-order valence-electron chi connectivity index (χ1n) is 9.15. The molecule has 0 radical (unpaired) electrons. The molecule has 3 rings (SSSR count). The topological polar surface area (TPSA) is 66.8 Å². The summed E-state index contributed by atoms with van der Waals surface area (Å²) in [6.07, 6.45) is 0.741. The zero-order chi connectivity index (χ0) is 19.4. The van der Waals surface area contributed by atoms with Crippen molar-refractivity contribution in [2.24, 2.45) is 5.41 Å². The Morgan fingerprint density at radius 3 is 2.67 bits per heavy atom. The summed E-state index contributed by atoms with van der Waals surface area (Å²) >= 11 is 0. The van der Waals surface area contributed by atoms with E-state index >= 15 is 0 Å². The van der Waals surface area contributed by atoms with Gasteiger partial charge in [-0.05, 0) is 49.1 Å². The van der Waals surface area contributed by atoms with Crippen LogP contribution >= 0.6 is 0 Å². The number of carboxylic acid groups (broad SMARTS) is 1. The number of hydrogen-bond donors (Lipinski definition) is 1. The second-order valence-electron chi connectivity index (χ2n) is 7.47. The molecule has 1 N–H and O–H groups in total. The maximum Gasteiger partial charge on any atom is 0.311 e. The lowest BCUT2D eigenvalue weighted by Crippen LogP contribution is -2.35. The molecule has 2 aromatic carbocycles. The van der Waals surface area contributed by atoms with E-state index in [4.69, 9.17) is 4.74 Å². The van der Waals surface area contributed by atoms with Gasteiger partial charge in [0.2, 0.25) is 5.91 Å². The minimum atomic E-state index is -0.843. The molecule has 1 unspecified atom stereocenters. The van der Waals surface area contributed by atoms with Gasteiger partial charge in [0.15, 0.2) is 0 Å². The van der Waals surface area contributed by atoms with E-state index in [0.717, 1.165) is 16.9 Å². The maximum atomic E-state index is 12.6. The van der Waals surface area contributed by atoms with Gasteiger partial charge in [-0.1, -0.05) is 36.4 Å². The van der Waals surface area contributed by atoms with Crippen molar-refractivity contribution in [3.63, 3.8) is 0 Å². The third kappa shape index (κ3) is 4.48. The van der Waals surface area contributed by atoms with Crippen molar-refractivity contribution in [3.8, 4) is 5.75 Å². The molecule has 1 saturated heterocycles. The molecular weight excluding hydrogens is 342 g/mol. The molecule has 0 saturated carbocycles. The molecule has 5 nitrogen and oxygen atoms in total. The van der Waals surface area contributed by atoms with E-state index < -0.39 is 11.4 Å². The van der Waals surface area contributed by atoms with Gasteiger partial charge in [-0.3, -0.25) is 9.59 Å². The Kier molecular flexibility index (Phi) is 5.49. The number of benzene rings is 2. The lowest BCUT2D eigenvalue weighted by molar-refractivity contribution is -0.147. The zero-order valence-electron chi connectivity index (χ0n) is 15.8. The molecule has 27 heavy (non-hydrogen) atoms. The van der Waals surface area contributed by atoms with Crippen LogP contribution in [0.3, 0.4) is 0 Å². The summed E-state index contributed by atoms with van der Waals surface area (Å²) in [4.78, 5) is 25.6. The number of amides is 1. The van der Waals surface area contributed by atoms with Crippen LogP contribution in [0.25, 0.3) is 0 Å². The van der Waals surface area contributed by atoms with E-state index in [2.05, 4.69) is 13.0 Å². The fourth-order valence-corrected chi connectivity index (χ4v) is 3.31. The highest BCUT2D eigenvalue weighted by atomic mass is 16.5. The summed E-state index contributed by atoms with van der Waals surface area (Å²) in [7, 11) is 0. The van der Waals surface area contributed by atoms with E-state index in [9.17, 15) is 14.7 Å². The van der Waals surface area contributed by atoms with Gasteiger partial charge in [-0.25, -0.2) is 0 Å². The number of aryl methyl sites for hydroxylation is 1. The Morgan fingerprint density at radius 2 is 1.96 bits per heavy atom. The third-order valence-corrected chi connectivity index (χ3v) is 5.25. The minimum Gasteiger partial charge on any atom is -0.489 e. The van der Waals surface area contributed by atoms with Crippen molar-refractivity contribution in [2.75, 3.05) is 13.1 Å². The number of carbonyl (C=O) groups is 2. The average molecular weight is 367 g/mol. The van der Waals surface area contributed by atoms with Gasteiger partial charge in [0.25, 0.3) is 0 Å². The van der Waals surface area contributed by atoms with Crippen molar-refractivity contribution in [3.05, 3.63) is 65.2 Å². The van der Waals surface area contributed by atoms with Gasteiger partial charge in [-0.2, -0.15) is 0 Å². The largest absolute Gasteiger partial charge is 0.489 e. The van der Waals surface area contributed by atoms with E-state index in [1.165, 1.54) is 5.56 Å². The number of nitrogens with zero attached hydrogens (tertiary/aromatic N) is 1. The quantitative estimate of drug-likeness (QED) is 0.849. The fourth-order valence-electron chi connectivity index (χ4n) is 3.31. The van der Waals surface area contributed by atoms with Crippen LogP contribution in [0.4, 0.5) is 0 Å². The molecular formula is C22H25NO4. The molecule has 1 atom stereocenters.